The normalized spacial score (nSPS) is 28.7. The van der Waals surface area contributed by atoms with E-state index in [0.29, 0.717) is 12.8 Å². The van der Waals surface area contributed by atoms with E-state index in [1.165, 1.54) is 141 Å². The molecule has 3 rings (SSSR count). The highest BCUT2D eigenvalue weighted by molar-refractivity contribution is 5.76. The second-order valence-electron chi connectivity index (χ2n) is 25.0. The van der Waals surface area contributed by atoms with E-state index in [4.69, 9.17) is 28.4 Å². The van der Waals surface area contributed by atoms with E-state index >= 15 is 0 Å². The Morgan fingerprint density at radius 1 is 0.409 bits per heavy atom. The molecule has 1 amide bonds. The third-order valence-corrected chi connectivity index (χ3v) is 17.3. The van der Waals surface area contributed by atoms with Gasteiger partial charge in [0.15, 0.2) is 18.9 Å². The minimum Gasteiger partial charge on any atom is -0.394 e. The fourth-order valence-corrected chi connectivity index (χ4v) is 11.6. The Kier molecular flexibility index (Phi) is 46.5. The first-order valence-electron chi connectivity index (χ1n) is 34.9. The Labute approximate surface area is 529 Å². The van der Waals surface area contributed by atoms with Crippen molar-refractivity contribution < 1.29 is 89.4 Å². The predicted molar refractivity (Wildman–Crippen MR) is 342 cm³/mol. The van der Waals surface area contributed by atoms with Crippen LogP contribution in [0.15, 0.2) is 48.6 Å². The van der Waals surface area contributed by atoms with Gasteiger partial charge in [-0.25, -0.2) is 0 Å². The van der Waals surface area contributed by atoms with Crippen LogP contribution in [0.1, 0.15) is 251 Å². The molecule has 19 heteroatoms. The molecule has 17 atom stereocenters. The second-order valence-corrected chi connectivity index (χ2v) is 25.0. The molecule has 0 aliphatic carbocycles. The summed E-state index contributed by atoms with van der Waals surface area (Å²) in [7, 11) is 0. The highest BCUT2D eigenvalue weighted by Gasteiger charge is 2.53. The highest BCUT2D eigenvalue weighted by atomic mass is 16.8. The number of aliphatic hydroxyl groups excluding tert-OH is 11. The van der Waals surface area contributed by atoms with Crippen LogP contribution < -0.4 is 5.32 Å². The lowest BCUT2D eigenvalue weighted by atomic mass is 9.96. The van der Waals surface area contributed by atoms with Crippen LogP contribution in [0.5, 0.6) is 0 Å². The lowest BCUT2D eigenvalue weighted by Crippen LogP contribution is -2.66. The topological polar surface area (TPSA) is 307 Å². The molecule has 12 N–H and O–H groups in total. The van der Waals surface area contributed by atoms with E-state index in [1.54, 1.807) is 6.08 Å². The molecule has 3 heterocycles. The first kappa shape index (κ1) is 80.0. The maximum Gasteiger partial charge on any atom is 0.220 e. The van der Waals surface area contributed by atoms with Crippen molar-refractivity contribution in [3.05, 3.63) is 48.6 Å². The molecule has 17 unspecified atom stereocenters. The smallest absolute Gasteiger partial charge is 0.220 e. The molecule has 514 valence electrons. The van der Waals surface area contributed by atoms with Crippen molar-refractivity contribution in [2.45, 2.75) is 356 Å². The number of amides is 1. The molecule has 19 nitrogen and oxygen atoms in total. The third kappa shape index (κ3) is 33.0. The summed E-state index contributed by atoms with van der Waals surface area (Å²) in [6.45, 7) is 1.71. The average molecular weight is 1260 g/mol. The van der Waals surface area contributed by atoms with Gasteiger partial charge in [-0.3, -0.25) is 4.79 Å². The first-order chi connectivity index (χ1) is 42.8. The van der Waals surface area contributed by atoms with Crippen molar-refractivity contribution in [3.63, 3.8) is 0 Å². The van der Waals surface area contributed by atoms with E-state index < -0.39 is 124 Å². The SMILES string of the molecule is CCCCCC/C=C\C/C=C\CCCCCCCCCC(=O)NC(COC1OC(CO)C(OC2OC(CO)C(OC3OC(CO)C(O)C(O)C3O)C(O)C2O)C(O)C1O)C(O)/C=C/CC/C=C/CCCCCCCCCCCCCCCCCCCCC. The van der Waals surface area contributed by atoms with Crippen molar-refractivity contribution >= 4 is 5.91 Å². The number of hydrogen-bond acceptors (Lipinski definition) is 18. The molecule has 3 aliphatic heterocycles. The maximum absolute atomic E-state index is 13.4. The van der Waals surface area contributed by atoms with Crippen LogP contribution >= 0.6 is 0 Å². The van der Waals surface area contributed by atoms with Gasteiger partial charge >= 0.3 is 0 Å². The summed E-state index contributed by atoms with van der Waals surface area (Å²) in [5, 5.41) is 120. The number of nitrogens with one attached hydrogen (secondary N) is 1. The molecular weight excluding hydrogens is 1130 g/mol. The summed E-state index contributed by atoms with van der Waals surface area (Å²) >= 11 is 0. The average Bonchev–Trinajstić information content (AvgIpc) is 3.72. The van der Waals surface area contributed by atoms with E-state index in [2.05, 4.69) is 55.6 Å². The summed E-state index contributed by atoms with van der Waals surface area (Å²) < 4.78 is 34.3. The van der Waals surface area contributed by atoms with Gasteiger partial charge in [0.2, 0.25) is 5.91 Å². The number of unbranched alkanes of at least 4 members (excludes halogenated alkanes) is 31. The van der Waals surface area contributed by atoms with E-state index in [9.17, 15) is 61.0 Å². The van der Waals surface area contributed by atoms with Crippen LogP contribution in [0.4, 0.5) is 0 Å². The lowest BCUT2D eigenvalue weighted by Gasteiger charge is -2.48. The molecule has 0 radical (unpaired) electrons. The molecule has 3 fully saturated rings. The number of rotatable bonds is 53. The van der Waals surface area contributed by atoms with Crippen molar-refractivity contribution in [1.29, 1.82) is 0 Å². The Morgan fingerprint density at radius 2 is 0.761 bits per heavy atom. The minimum atomic E-state index is -1.98. The second kappa shape index (κ2) is 51.2. The first-order valence-corrected chi connectivity index (χ1v) is 34.9. The predicted octanol–water partition coefficient (Wildman–Crippen LogP) is 9.00. The molecule has 0 aromatic heterocycles. The molecule has 0 aromatic carbocycles. The van der Waals surface area contributed by atoms with Gasteiger partial charge < -0.3 is 89.9 Å². The summed E-state index contributed by atoms with van der Waals surface area (Å²) in [6, 6.07) is -0.996. The van der Waals surface area contributed by atoms with Gasteiger partial charge in [-0.1, -0.05) is 229 Å². The van der Waals surface area contributed by atoms with Gasteiger partial charge in [0.25, 0.3) is 0 Å². The summed E-state index contributed by atoms with van der Waals surface area (Å²) in [5.74, 6) is -0.293. The largest absolute Gasteiger partial charge is 0.394 e. The molecular formula is C69H125NO18. The fourth-order valence-electron chi connectivity index (χ4n) is 11.6. The fraction of sp³-hybridized carbons (Fsp3) is 0.870. The molecule has 0 saturated carbocycles. The van der Waals surface area contributed by atoms with Crippen LogP contribution in [0.25, 0.3) is 0 Å². The molecule has 0 bridgehead atoms. The Morgan fingerprint density at radius 3 is 1.22 bits per heavy atom. The quantitative estimate of drug-likeness (QED) is 0.0200. The van der Waals surface area contributed by atoms with Gasteiger partial charge in [0.05, 0.1) is 38.6 Å². The minimum absolute atomic E-state index is 0.226. The van der Waals surface area contributed by atoms with Crippen LogP contribution in [-0.4, -0.2) is 193 Å². The van der Waals surface area contributed by atoms with Crippen molar-refractivity contribution in [2.75, 3.05) is 26.4 Å². The van der Waals surface area contributed by atoms with Crippen LogP contribution in [0, 0.1) is 0 Å². The number of allylic oxidation sites excluding steroid dienone is 7. The standard InChI is InChI=1S/C69H125NO18/c1-3-5-7-9-11-13-15-17-19-21-23-24-25-26-27-28-29-30-32-34-36-38-40-42-44-46-53(74)52(70-57(75)47-45-43-41-39-37-35-33-31-22-20-18-16-14-12-10-8-6-4-2)51-83-67-63(81)60(78)65(55(49-72)85-67)88-69-64(82)61(79)66(56(50-73)86-69)87-68-62(80)59(77)58(76)54(48-71)84-68/h14,16,20,22,36,38,44,46,52-56,58-69,71-74,76-82H,3-13,15,17-19,21,23-35,37,39-43,45,47-51H2,1-2H3,(H,70,75)/b16-14-,22-20-,38-36+,46-44+. The van der Waals surface area contributed by atoms with Gasteiger partial charge in [-0.15, -0.1) is 0 Å². The number of carbonyl (C=O) groups excluding carboxylic acids is 1. The number of ether oxygens (including phenoxy) is 6. The number of hydrogen-bond donors (Lipinski definition) is 12. The van der Waals surface area contributed by atoms with Crippen molar-refractivity contribution in [1.82, 2.24) is 5.32 Å². The highest BCUT2D eigenvalue weighted by Crippen LogP contribution is 2.33. The Hall–Kier alpha value is -2.25. The van der Waals surface area contributed by atoms with Crippen LogP contribution in [-0.2, 0) is 33.2 Å². The maximum atomic E-state index is 13.4. The van der Waals surface area contributed by atoms with Gasteiger partial charge in [-0.05, 0) is 64.2 Å². The zero-order valence-corrected chi connectivity index (χ0v) is 54.2. The zero-order valence-electron chi connectivity index (χ0n) is 54.2. The summed E-state index contributed by atoms with van der Waals surface area (Å²) in [4.78, 5) is 13.4. The number of carbonyl (C=O) groups is 1. The third-order valence-electron chi connectivity index (χ3n) is 17.3. The summed E-state index contributed by atoms with van der Waals surface area (Å²) in [5.41, 5.74) is 0. The van der Waals surface area contributed by atoms with Crippen LogP contribution in [0.3, 0.4) is 0 Å². The van der Waals surface area contributed by atoms with Crippen LogP contribution in [0.2, 0.25) is 0 Å². The van der Waals surface area contributed by atoms with Crippen molar-refractivity contribution in [2.24, 2.45) is 0 Å². The Bertz CT molecular complexity index is 1790. The van der Waals surface area contributed by atoms with Gasteiger partial charge in [0, 0.05) is 6.42 Å². The van der Waals surface area contributed by atoms with E-state index in [0.717, 1.165) is 77.0 Å². The Balaban J connectivity index is 1.46. The van der Waals surface area contributed by atoms with Crippen molar-refractivity contribution in [3.8, 4) is 0 Å². The molecule has 0 aromatic rings. The van der Waals surface area contributed by atoms with E-state index in [1.807, 2.05) is 6.08 Å². The van der Waals surface area contributed by atoms with Gasteiger partial charge in [0.1, 0.15) is 73.2 Å². The van der Waals surface area contributed by atoms with E-state index in [-0.39, 0.29) is 18.9 Å². The molecule has 3 aliphatic rings. The van der Waals surface area contributed by atoms with Gasteiger partial charge in [-0.2, -0.15) is 0 Å². The lowest BCUT2D eigenvalue weighted by molar-refractivity contribution is -0.379. The monoisotopic (exact) mass is 1260 g/mol. The molecule has 3 saturated heterocycles. The molecule has 0 spiro atoms. The zero-order chi connectivity index (χ0) is 64.0. The summed E-state index contributed by atoms with van der Waals surface area (Å²) in [6.07, 6.45) is 33.7. The molecule has 88 heavy (non-hydrogen) atoms. The number of aliphatic hydroxyl groups is 11.